The largest absolute Gasteiger partial charge is 0.452 e. The van der Waals surface area contributed by atoms with Gasteiger partial charge in [-0.1, -0.05) is 45.7 Å². The van der Waals surface area contributed by atoms with Crippen LogP contribution in [0.1, 0.15) is 11.1 Å². The summed E-state index contributed by atoms with van der Waals surface area (Å²) < 4.78 is 5.85. The monoisotopic (exact) mass is 407 g/mol. The van der Waals surface area contributed by atoms with E-state index in [1.165, 1.54) is 6.08 Å². The van der Waals surface area contributed by atoms with Crippen LogP contribution < -0.4 is 5.32 Å². The van der Waals surface area contributed by atoms with Crippen molar-refractivity contribution in [3.05, 3.63) is 69.2 Å². The van der Waals surface area contributed by atoms with Crippen molar-refractivity contribution in [2.24, 2.45) is 0 Å². The third-order valence-electron chi connectivity index (χ3n) is 3.03. The highest BCUT2D eigenvalue weighted by molar-refractivity contribution is 9.10. The lowest BCUT2D eigenvalue weighted by Crippen LogP contribution is -2.20. The van der Waals surface area contributed by atoms with Crippen molar-refractivity contribution in [1.29, 1.82) is 0 Å². The predicted octanol–water partition coefficient (Wildman–Crippen LogP) is 4.61. The molecule has 4 nitrogen and oxygen atoms in total. The van der Waals surface area contributed by atoms with Gasteiger partial charge in [0.2, 0.25) is 0 Å². The second-order valence-corrected chi connectivity index (χ2v) is 6.35. The number of amides is 1. The Morgan fingerprint density at radius 1 is 1.21 bits per heavy atom. The highest BCUT2D eigenvalue weighted by Gasteiger charge is 2.08. The fourth-order valence-electron chi connectivity index (χ4n) is 1.83. The Balaban J connectivity index is 1.82. The number of aryl methyl sites for hydroxylation is 1. The number of carbonyl (C=O) groups is 2. The second-order valence-electron chi connectivity index (χ2n) is 5.02. The highest BCUT2D eigenvalue weighted by atomic mass is 79.9. The first-order valence-corrected chi connectivity index (χ1v) is 8.27. The van der Waals surface area contributed by atoms with Crippen molar-refractivity contribution >= 4 is 51.2 Å². The van der Waals surface area contributed by atoms with Crippen LogP contribution in [0.3, 0.4) is 0 Å². The maximum Gasteiger partial charge on any atom is 0.331 e. The van der Waals surface area contributed by atoms with Crippen LogP contribution in [0.25, 0.3) is 6.08 Å². The third kappa shape index (κ3) is 5.83. The number of nitrogens with one attached hydrogen (secondary N) is 1. The lowest BCUT2D eigenvalue weighted by atomic mass is 10.2. The number of hydrogen-bond acceptors (Lipinski definition) is 3. The molecule has 2 aromatic carbocycles. The molecule has 0 heterocycles. The van der Waals surface area contributed by atoms with Gasteiger partial charge < -0.3 is 10.1 Å². The zero-order valence-electron chi connectivity index (χ0n) is 12.9. The number of anilines is 1. The molecule has 0 aliphatic heterocycles. The molecular formula is C18H15BrClNO3. The average Bonchev–Trinajstić information content (AvgIpc) is 2.55. The molecule has 0 spiro atoms. The summed E-state index contributed by atoms with van der Waals surface area (Å²) >= 11 is 9.36. The number of benzene rings is 2. The van der Waals surface area contributed by atoms with E-state index in [1.54, 1.807) is 18.2 Å². The van der Waals surface area contributed by atoms with Gasteiger partial charge in [0, 0.05) is 10.5 Å². The van der Waals surface area contributed by atoms with E-state index in [9.17, 15) is 9.59 Å². The van der Waals surface area contributed by atoms with Gasteiger partial charge in [0.1, 0.15) is 0 Å². The molecule has 0 saturated carbocycles. The summed E-state index contributed by atoms with van der Waals surface area (Å²) in [4.78, 5) is 23.4. The summed E-state index contributed by atoms with van der Waals surface area (Å²) in [5.74, 6) is -1.05. The molecule has 0 saturated heterocycles. The first-order valence-electron chi connectivity index (χ1n) is 7.10. The molecule has 0 atom stereocenters. The van der Waals surface area contributed by atoms with Gasteiger partial charge >= 0.3 is 5.97 Å². The van der Waals surface area contributed by atoms with E-state index < -0.39 is 11.9 Å². The molecule has 6 heteroatoms. The normalized spacial score (nSPS) is 10.6. The van der Waals surface area contributed by atoms with Gasteiger partial charge in [-0.25, -0.2) is 4.79 Å². The van der Waals surface area contributed by atoms with Crippen molar-refractivity contribution in [1.82, 2.24) is 0 Å². The topological polar surface area (TPSA) is 55.4 Å². The maximum absolute atomic E-state index is 11.8. The van der Waals surface area contributed by atoms with Crippen LogP contribution in [-0.2, 0) is 14.3 Å². The number of hydrogen-bond donors (Lipinski definition) is 1. The number of rotatable bonds is 5. The van der Waals surface area contributed by atoms with Crippen LogP contribution in [0.5, 0.6) is 0 Å². The molecule has 0 radical (unpaired) electrons. The Labute approximate surface area is 153 Å². The van der Waals surface area contributed by atoms with E-state index in [-0.39, 0.29) is 6.61 Å². The molecule has 1 N–H and O–H groups in total. The molecule has 2 rings (SSSR count). The van der Waals surface area contributed by atoms with Crippen molar-refractivity contribution in [3.63, 3.8) is 0 Å². The number of carbonyl (C=O) groups excluding carboxylic acids is 2. The molecular weight excluding hydrogens is 394 g/mol. The third-order valence-corrected chi connectivity index (χ3v) is 3.87. The fraction of sp³-hybridized carbons (Fsp3) is 0.111. The molecule has 0 aromatic heterocycles. The first kappa shape index (κ1) is 18.2. The van der Waals surface area contributed by atoms with Gasteiger partial charge in [0.15, 0.2) is 6.61 Å². The molecule has 24 heavy (non-hydrogen) atoms. The Morgan fingerprint density at radius 3 is 2.58 bits per heavy atom. The maximum atomic E-state index is 11.8. The van der Waals surface area contributed by atoms with Crippen molar-refractivity contribution < 1.29 is 14.3 Å². The molecule has 0 unspecified atom stereocenters. The second kappa shape index (κ2) is 8.66. The predicted molar refractivity (Wildman–Crippen MR) is 99.0 cm³/mol. The van der Waals surface area contributed by atoms with Crippen LogP contribution in [0, 0.1) is 6.92 Å². The van der Waals surface area contributed by atoms with Gasteiger partial charge in [0.05, 0.1) is 10.7 Å². The zero-order valence-corrected chi connectivity index (χ0v) is 15.2. The fourth-order valence-corrected chi connectivity index (χ4v) is 2.38. The van der Waals surface area contributed by atoms with Crippen LogP contribution in [0.2, 0.25) is 5.02 Å². The van der Waals surface area contributed by atoms with Gasteiger partial charge in [-0.3, -0.25) is 4.79 Å². The van der Waals surface area contributed by atoms with E-state index in [0.29, 0.717) is 10.7 Å². The minimum absolute atomic E-state index is 0.381. The number of esters is 1. The minimum Gasteiger partial charge on any atom is -0.452 e. The molecule has 0 aliphatic carbocycles. The van der Waals surface area contributed by atoms with E-state index >= 15 is 0 Å². The molecule has 1 amide bonds. The van der Waals surface area contributed by atoms with Gasteiger partial charge in [-0.15, -0.1) is 0 Å². The summed E-state index contributed by atoms with van der Waals surface area (Å²) in [7, 11) is 0. The van der Waals surface area contributed by atoms with E-state index in [1.807, 2.05) is 37.3 Å². The van der Waals surface area contributed by atoms with E-state index in [4.69, 9.17) is 16.3 Å². The minimum atomic E-state index is -0.594. The number of ether oxygens (including phenoxy) is 1. The summed E-state index contributed by atoms with van der Waals surface area (Å²) in [5.41, 5.74) is 2.32. The summed E-state index contributed by atoms with van der Waals surface area (Å²) in [6.07, 6.45) is 2.89. The van der Waals surface area contributed by atoms with Gasteiger partial charge in [0.25, 0.3) is 5.91 Å². The smallest absolute Gasteiger partial charge is 0.331 e. The lowest BCUT2D eigenvalue weighted by molar-refractivity contribution is -0.142. The molecule has 124 valence electrons. The molecule has 0 bridgehead atoms. The standard InChI is InChI=1S/C18H15BrClNO3/c1-12-2-8-16(15(20)10-12)21-17(22)11-24-18(23)9-5-13-3-6-14(19)7-4-13/h2-10H,11H2,1H3,(H,21,22)/b9-5+. The molecule has 2 aromatic rings. The van der Waals surface area contributed by atoms with Crippen LogP contribution in [0.15, 0.2) is 53.0 Å². The van der Waals surface area contributed by atoms with Crippen LogP contribution in [-0.4, -0.2) is 18.5 Å². The van der Waals surface area contributed by atoms with Crippen LogP contribution in [0.4, 0.5) is 5.69 Å². The Hall–Kier alpha value is -2.11. The first-order chi connectivity index (χ1) is 11.4. The Morgan fingerprint density at radius 2 is 1.92 bits per heavy atom. The summed E-state index contributed by atoms with van der Waals surface area (Å²) in [6.45, 7) is 1.52. The Kier molecular flexibility index (Phi) is 6.58. The van der Waals surface area contributed by atoms with Gasteiger partial charge in [-0.2, -0.15) is 0 Å². The molecule has 0 aliphatic rings. The lowest BCUT2D eigenvalue weighted by Gasteiger charge is -2.07. The van der Waals surface area contributed by atoms with Crippen molar-refractivity contribution in [2.45, 2.75) is 6.92 Å². The number of halogens is 2. The van der Waals surface area contributed by atoms with Crippen LogP contribution >= 0.6 is 27.5 Å². The van der Waals surface area contributed by atoms with E-state index in [0.717, 1.165) is 15.6 Å². The zero-order chi connectivity index (χ0) is 17.5. The summed E-state index contributed by atoms with van der Waals surface area (Å²) in [6, 6.07) is 12.7. The molecule has 0 fully saturated rings. The van der Waals surface area contributed by atoms with Crippen molar-refractivity contribution in [2.75, 3.05) is 11.9 Å². The van der Waals surface area contributed by atoms with E-state index in [2.05, 4.69) is 21.2 Å². The highest BCUT2D eigenvalue weighted by Crippen LogP contribution is 2.22. The average molecular weight is 409 g/mol. The SMILES string of the molecule is Cc1ccc(NC(=O)COC(=O)/C=C/c2ccc(Br)cc2)c(Cl)c1. The van der Waals surface area contributed by atoms with Gasteiger partial charge in [-0.05, 0) is 48.4 Å². The quantitative estimate of drug-likeness (QED) is 0.581. The summed E-state index contributed by atoms with van der Waals surface area (Å²) in [5, 5.41) is 3.03. The Bertz CT molecular complexity index is 772. The van der Waals surface area contributed by atoms with Crippen molar-refractivity contribution in [3.8, 4) is 0 Å².